The highest BCUT2D eigenvalue weighted by Gasteiger charge is 2.26. The van der Waals surface area contributed by atoms with E-state index in [1.54, 1.807) is 42.5 Å². The SMILES string of the molecule is COc1ccccc1Oc1ncnc(NNC(=O)c2ccccc2Cl)c1[N+](=O)[O-]. The number of hydrogen-bond acceptors (Lipinski definition) is 8. The van der Waals surface area contributed by atoms with Crippen LogP contribution in [0.2, 0.25) is 5.02 Å². The third-order valence-electron chi connectivity index (χ3n) is 3.66. The van der Waals surface area contributed by atoms with Gasteiger partial charge in [0.2, 0.25) is 5.82 Å². The second-order valence-electron chi connectivity index (χ2n) is 5.45. The number of ether oxygens (including phenoxy) is 2. The molecule has 0 spiro atoms. The molecule has 10 nitrogen and oxygen atoms in total. The number of methoxy groups -OCH3 is 1. The van der Waals surface area contributed by atoms with Gasteiger partial charge in [0.25, 0.3) is 5.91 Å². The average Bonchev–Trinajstić information content (AvgIpc) is 2.72. The monoisotopic (exact) mass is 415 g/mol. The number of para-hydroxylation sites is 2. The summed E-state index contributed by atoms with van der Waals surface area (Å²) in [4.78, 5) is 30.8. The Bertz CT molecular complexity index is 1060. The molecule has 0 saturated heterocycles. The van der Waals surface area contributed by atoms with Crippen molar-refractivity contribution in [1.82, 2.24) is 15.4 Å². The molecule has 2 aromatic carbocycles. The number of amides is 1. The van der Waals surface area contributed by atoms with E-state index in [-0.39, 0.29) is 28.0 Å². The van der Waals surface area contributed by atoms with Crippen LogP contribution in [0.5, 0.6) is 17.4 Å². The van der Waals surface area contributed by atoms with E-state index in [1.807, 2.05) is 0 Å². The van der Waals surface area contributed by atoms with Crippen molar-refractivity contribution in [1.29, 1.82) is 0 Å². The second-order valence-corrected chi connectivity index (χ2v) is 5.85. The molecule has 29 heavy (non-hydrogen) atoms. The van der Waals surface area contributed by atoms with E-state index in [0.29, 0.717) is 5.75 Å². The first kappa shape index (κ1) is 19.8. The van der Waals surface area contributed by atoms with Gasteiger partial charge in [-0.3, -0.25) is 25.8 Å². The van der Waals surface area contributed by atoms with Crippen molar-refractivity contribution >= 4 is 29.0 Å². The van der Waals surface area contributed by atoms with Gasteiger partial charge < -0.3 is 9.47 Å². The van der Waals surface area contributed by atoms with Gasteiger partial charge in [-0.15, -0.1) is 0 Å². The molecular weight excluding hydrogens is 402 g/mol. The van der Waals surface area contributed by atoms with Crippen molar-refractivity contribution in [3.05, 3.63) is 75.6 Å². The van der Waals surface area contributed by atoms with E-state index >= 15 is 0 Å². The standard InChI is InChI=1S/C18H14ClN5O5/c1-28-13-8-4-5-9-14(13)29-18-15(24(26)27)16(20-10-21-18)22-23-17(25)11-6-2-3-7-12(11)19/h2-10H,1H3,(H,23,25)(H,20,21,22). The van der Waals surface area contributed by atoms with Crippen LogP contribution in [0.4, 0.5) is 11.5 Å². The Kier molecular flexibility index (Phi) is 6.05. The van der Waals surface area contributed by atoms with Crippen LogP contribution in [0.3, 0.4) is 0 Å². The third kappa shape index (κ3) is 4.50. The van der Waals surface area contributed by atoms with Crippen LogP contribution < -0.4 is 20.3 Å². The molecule has 3 aromatic rings. The molecule has 1 amide bonds. The molecule has 1 aromatic heterocycles. The molecule has 0 radical (unpaired) electrons. The predicted molar refractivity (Wildman–Crippen MR) is 104 cm³/mol. The number of rotatable bonds is 7. The lowest BCUT2D eigenvalue weighted by molar-refractivity contribution is -0.385. The highest BCUT2D eigenvalue weighted by Crippen LogP contribution is 2.37. The molecular formula is C18H14ClN5O5. The Morgan fingerprint density at radius 2 is 1.79 bits per heavy atom. The molecule has 1 heterocycles. The minimum atomic E-state index is -0.727. The second kappa shape index (κ2) is 8.85. The van der Waals surface area contributed by atoms with Crippen LogP contribution in [0.25, 0.3) is 0 Å². The molecule has 0 aliphatic carbocycles. The fraction of sp³-hybridized carbons (Fsp3) is 0.0556. The lowest BCUT2D eigenvalue weighted by Crippen LogP contribution is -2.30. The summed E-state index contributed by atoms with van der Waals surface area (Å²) < 4.78 is 10.7. The first-order valence-electron chi connectivity index (χ1n) is 8.12. The first-order valence-corrected chi connectivity index (χ1v) is 8.50. The summed E-state index contributed by atoms with van der Waals surface area (Å²) >= 11 is 5.97. The Hall–Kier alpha value is -3.92. The molecule has 148 valence electrons. The molecule has 0 unspecified atom stereocenters. The summed E-state index contributed by atoms with van der Waals surface area (Å²) in [6.45, 7) is 0. The Morgan fingerprint density at radius 3 is 2.48 bits per heavy atom. The number of carbonyl (C=O) groups excluding carboxylic acids is 1. The van der Waals surface area contributed by atoms with Gasteiger partial charge in [-0.2, -0.15) is 4.98 Å². The number of anilines is 1. The smallest absolute Gasteiger partial charge is 0.374 e. The largest absolute Gasteiger partial charge is 0.493 e. The maximum Gasteiger partial charge on any atom is 0.374 e. The fourth-order valence-corrected chi connectivity index (χ4v) is 2.55. The number of halogens is 1. The van der Waals surface area contributed by atoms with E-state index in [4.69, 9.17) is 21.1 Å². The van der Waals surface area contributed by atoms with Crippen molar-refractivity contribution in [3.63, 3.8) is 0 Å². The van der Waals surface area contributed by atoms with Gasteiger partial charge in [-0.25, -0.2) is 4.98 Å². The van der Waals surface area contributed by atoms with Gasteiger partial charge >= 0.3 is 11.6 Å². The summed E-state index contributed by atoms with van der Waals surface area (Å²) in [5, 5.41) is 11.8. The van der Waals surface area contributed by atoms with Gasteiger partial charge in [0.1, 0.15) is 6.33 Å². The van der Waals surface area contributed by atoms with Crippen molar-refractivity contribution in [2.24, 2.45) is 0 Å². The summed E-state index contributed by atoms with van der Waals surface area (Å²) in [6.07, 6.45) is 1.06. The number of nitro groups is 1. The highest BCUT2D eigenvalue weighted by atomic mass is 35.5. The maximum atomic E-state index is 12.3. The van der Waals surface area contributed by atoms with Crippen LogP contribution in [-0.2, 0) is 0 Å². The molecule has 2 N–H and O–H groups in total. The number of nitrogens with zero attached hydrogens (tertiary/aromatic N) is 3. The van der Waals surface area contributed by atoms with Gasteiger partial charge in [0.05, 0.1) is 22.6 Å². The Balaban J connectivity index is 1.86. The highest BCUT2D eigenvalue weighted by molar-refractivity contribution is 6.33. The molecule has 0 aliphatic rings. The molecule has 0 saturated carbocycles. The topological polar surface area (TPSA) is 129 Å². The minimum Gasteiger partial charge on any atom is -0.493 e. The van der Waals surface area contributed by atoms with Gasteiger partial charge in [-0.1, -0.05) is 35.9 Å². The predicted octanol–water partition coefficient (Wildman–Crippen LogP) is 3.60. The van der Waals surface area contributed by atoms with Crippen LogP contribution in [0.1, 0.15) is 10.4 Å². The van der Waals surface area contributed by atoms with Crippen LogP contribution in [-0.4, -0.2) is 27.9 Å². The van der Waals surface area contributed by atoms with Crippen LogP contribution in [0, 0.1) is 10.1 Å². The van der Waals surface area contributed by atoms with E-state index < -0.39 is 16.5 Å². The number of carbonyl (C=O) groups is 1. The summed E-state index contributed by atoms with van der Waals surface area (Å²) in [5.74, 6) is -0.611. The van der Waals surface area contributed by atoms with E-state index in [1.165, 1.54) is 13.2 Å². The lowest BCUT2D eigenvalue weighted by Gasteiger charge is -2.12. The molecule has 0 atom stereocenters. The van der Waals surface area contributed by atoms with Crippen molar-refractivity contribution in [2.45, 2.75) is 0 Å². The molecule has 0 bridgehead atoms. The van der Waals surface area contributed by atoms with Gasteiger partial charge in [0, 0.05) is 0 Å². The third-order valence-corrected chi connectivity index (χ3v) is 3.99. The minimum absolute atomic E-state index is 0.184. The summed E-state index contributed by atoms with van der Waals surface area (Å²) in [5.41, 5.74) is 4.34. The number of hydrazine groups is 1. The zero-order valence-corrected chi connectivity index (χ0v) is 15.7. The van der Waals surface area contributed by atoms with E-state index in [2.05, 4.69) is 20.8 Å². The fourth-order valence-electron chi connectivity index (χ4n) is 2.33. The maximum absolute atomic E-state index is 12.3. The van der Waals surface area contributed by atoms with Gasteiger partial charge in [0.15, 0.2) is 11.5 Å². The molecule has 3 rings (SSSR count). The van der Waals surface area contributed by atoms with Crippen molar-refractivity contribution < 1.29 is 19.2 Å². The zero-order chi connectivity index (χ0) is 20.8. The van der Waals surface area contributed by atoms with E-state index in [9.17, 15) is 14.9 Å². The molecule has 11 heteroatoms. The van der Waals surface area contributed by atoms with Crippen molar-refractivity contribution in [2.75, 3.05) is 12.5 Å². The van der Waals surface area contributed by atoms with Crippen molar-refractivity contribution in [3.8, 4) is 17.4 Å². The number of aromatic nitrogens is 2. The summed E-state index contributed by atoms with van der Waals surface area (Å²) in [6, 6.07) is 12.9. The lowest BCUT2D eigenvalue weighted by atomic mass is 10.2. The van der Waals surface area contributed by atoms with Gasteiger partial charge in [-0.05, 0) is 24.3 Å². The van der Waals surface area contributed by atoms with Crippen LogP contribution >= 0.6 is 11.6 Å². The van der Waals surface area contributed by atoms with Crippen LogP contribution in [0.15, 0.2) is 54.9 Å². The average molecular weight is 416 g/mol. The zero-order valence-electron chi connectivity index (χ0n) is 15.0. The van der Waals surface area contributed by atoms with E-state index in [0.717, 1.165) is 6.33 Å². The Labute approximate surface area is 169 Å². The number of benzene rings is 2. The summed E-state index contributed by atoms with van der Waals surface area (Å²) in [7, 11) is 1.44. The Morgan fingerprint density at radius 1 is 1.10 bits per heavy atom. The normalized spacial score (nSPS) is 10.1. The first-order chi connectivity index (χ1) is 14.0. The molecule has 0 aliphatic heterocycles. The quantitative estimate of drug-likeness (QED) is 0.442. The number of hydrogen-bond donors (Lipinski definition) is 2. The molecule has 0 fully saturated rings. The number of nitrogens with one attached hydrogen (secondary N) is 2.